The molecule has 2 amide bonds. The van der Waals surface area contributed by atoms with Gasteiger partial charge in [-0.3, -0.25) is 4.79 Å². The van der Waals surface area contributed by atoms with E-state index in [-0.39, 0.29) is 24.4 Å². The van der Waals surface area contributed by atoms with Crippen LogP contribution in [-0.4, -0.2) is 67.7 Å². The van der Waals surface area contributed by atoms with Gasteiger partial charge in [0, 0.05) is 32.7 Å². The Morgan fingerprint density at radius 2 is 1.79 bits per heavy atom. The molecule has 1 unspecified atom stereocenters. The van der Waals surface area contributed by atoms with Crippen LogP contribution in [0.15, 0.2) is 4.99 Å². The normalized spacial score (nSPS) is 13.1. The van der Waals surface area contributed by atoms with E-state index in [0.717, 1.165) is 12.8 Å². The van der Waals surface area contributed by atoms with Crippen LogP contribution in [0.1, 0.15) is 61.3 Å². The number of nitrogens with zero attached hydrogens (tertiary/aromatic N) is 2. The minimum atomic E-state index is -0.522. The lowest BCUT2D eigenvalue weighted by molar-refractivity contribution is -0.119. The molecule has 0 aromatic rings. The molecule has 0 radical (unpaired) electrons. The van der Waals surface area contributed by atoms with Crippen LogP contribution in [-0.2, 0) is 9.53 Å². The van der Waals surface area contributed by atoms with Crippen LogP contribution in [0.5, 0.6) is 0 Å². The van der Waals surface area contributed by atoms with Gasteiger partial charge >= 0.3 is 6.09 Å². The lowest BCUT2D eigenvalue weighted by Crippen LogP contribution is -2.45. The minimum Gasteiger partial charge on any atom is -0.444 e. The highest BCUT2D eigenvalue weighted by atomic mass is 16.6. The quantitative estimate of drug-likeness (QED) is 0.387. The molecule has 0 aliphatic rings. The number of guanidine groups is 1. The van der Waals surface area contributed by atoms with Crippen LogP contribution in [0.25, 0.3) is 0 Å². The molecule has 28 heavy (non-hydrogen) atoms. The van der Waals surface area contributed by atoms with Gasteiger partial charge in [-0.05, 0) is 46.5 Å². The highest BCUT2D eigenvalue weighted by Gasteiger charge is 2.22. The average molecular weight is 400 g/mol. The molecule has 3 N–H and O–H groups in total. The number of hydrogen-bond acceptors (Lipinski definition) is 4. The smallest absolute Gasteiger partial charge is 0.407 e. The predicted molar refractivity (Wildman–Crippen MR) is 115 cm³/mol. The van der Waals surface area contributed by atoms with E-state index < -0.39 is 11.7 Å². The van der Waals surface area contributed by atoms with Crippen LogP contribution >= 0.6 is 0 Å². The third kappa shape index (κ3) is 12.4. The molecule has 0 bridgehead atoms. The molecule has 0 rings (SSSR count). The molecule has 0 heterocycles. The molecule has 8 nitrogen and oxygen atoms in total. The van der Waals surface area contributed by atoms with Crippen LogP contribution in [0.2, 0.25) is 0 Å². The summed E-state index contributed by atoms with van der Waals surface area (Å²) in [4.78, 5) is 30.3. The zero-order valence-electron chi connectivity index (χ0n) is 19.0. The number of aliphatic imine (C=N–C) groups is 1. The molecule has 1 atom stereocenters. The lowest BCUT2D eigenvalue weighted by atomic mass is 10.0. The van der Waals surface area contributed by atoms with Crippen molar-refractivity contribution in [2.24, 2.45) is 10.9 Å². The Hall–Kier alpha value is -1.99. The predicted octanol–water partition coefficient (Wildman–Crippen LogP) is 2.35. The number of hydrogen-bond donors (Lipinski definition) is 3. The van der Waals surface area contributed by atoms with E-state index in [4.69, 9.17) is 4.74 Å². The number of ether oxygens (including phenoxy) is 1. The fraction of sp³-hybridized carbons (Fsp3) is 0.850. The Kier molecular flexibility index (Phi) is 12.3. The molecular formula is C20H41N5O3. The first kappa shape index (κ1) is 26.0. The Morgan fingerprint density at radius 3 is 2.29 bits per heavy atom. The largest absolute Gasteiger partial charge is 0.444 e. The van der Waals surface area contributed by atoms with Crippen LogP contribution in [0.4, 0.5) is 4.79 Å². The van der Waals surface area contributed by atoms with Crippen molar-refractivity contribution in [1.29, 1.82) is 0 Å². The number of carbonyl (C=O) groups excluding carboxylic acids is 2. The maximum atomic E-state index is 12.1. The van der Waals surface area contributed by atoms with Crippen molar-refractivity contribution >= 4 is 18.0 Å². The molecule has 0 aromatic carbocycles. The second kappa shape index (κ2) is 13.2. The highest BCUT2D eigenvalue weighted by molar-refractivity contribution is 5.84. The maximum absolute atomic E-state index is 12.1. The van der Waals surface area contributed by atoms with Gasteiger partial charge in [-0.1, -0.05) is 20.8 Å². The third-order valence-electron chi connectivity index (χ3n) is 3.92. The van der Waals surface area contributed by atoms with E-state index in [9.17, 15) is 9.59 Å². The van der Waals surface area contributed by atoms with Gasteiger partial charge in [-0.15, -0.1) is 0 Å². The van der Waals surface area contributed by atoms with E-state index in [1.54, 1.807) is 0 Å². The summed E-state index contributed by atoms with van der Waals surface area (Å²) < 4.78 is 5.36. The van der Waals surface area contributed by atoms with E-state index in [1.807, 2.05) is 46.6 Å². The molecule has 0 saturated carbocycles. The minimum absolute atomic E-state index is 0.0203. The van der Waals surface area contributed by atoms with Gasteiger partial charge < -0.3 is 25.6 Å². The van der Waals surface area contributed by atoms with Gasteiger partial charge in [-0.25, -0.2) is 9.79 Å². The Bertz CT molecular complexity index is 501. The SMILES string of the molecule is CCCNC(=O)CN=C(NCC)N(C)CCC(NC(=O)OC(C)(C)C)C(C)C. The molecule has 0 aromatic heterocycles. The van der Waals surface area contributed by atoms with Crippen molar-refractivity contribution in [2.75, 3.05) is 33.2 Å². The van der Waals surface area contributed by atoms with Gasteiger partial charge in [0.05, 0.1) is 0 Å². The van der Waals surface area contributed by atoms with Crippen molar-refractivity contribution in [1.82, 2.24) is 20.9 Å². The topological polar surface area (TPSA) is 95.1 Å². The Morgan fingerprint density at radius 1 is 1.14 bits per heavy atom. The van der Waals surface area contributed by atoms with E-state index in [1.165, 1.54) is 0 Å². The first-order chi connectivity index (χ1) is 13.0. The van der Waals surface area contributed by atoms with Crippen molar-refractivity contribution in [3.63, 3.8) is 0 Å². The Balaban J connectivity index is 4.78. The van der Waals surface area contributed by atoms with Crippen LogP contribution in [0, 0.1) is 5.92 Å². The first-order valence-electron chi connectivity index (χ1n) is 10.3. The van der Waals surface area contributed by atoms with Crippen molar-refractivity contribution in [3.05, 3.63) is 0 Å². The molecule has 0 saturated heterocycles. The highest BCUT2D eigenvalue weighted by Crippen LogP contribution is 2.11. The van der Waals surface area contributed by atoms with Crippen LogP contribution in [0.3, 0.4) is 0 Å². The molecule has 0 aliphatic carbocycles. The van der Waals surface area contributed by atoms with Crippen molar-refractivity contribution < 1.29 is 14.3 Å². The molecule has 0 spiro atoms. The zero-order chi connectivity index (χ0) is 21.7. The number of nitrogens with one attached hydrogen (secondary N) is 3. The van der Waals surface area contributed by atoms with Gasteiger partial charge in [0.25, 0.3) is 0 Å². The molecule has 0 fully saturated rings. The van der Waals surface area contributed by atoms with Gasteiger partial charge in [-0.2, -0.15) is 0 Å². The lowest BCUT2D eigenvalue weighted by Gasteiger charge is -2.28. The monoisotopic (exact) mass is 399 g/mol. The third-order valence-corrected chi connectivity index (χ3v) is 3.92. The maximum Gasteiger partial charge on any atom is 0.407 e. The molecule has 8 heteroatoms. The summed E-state index contributed by atoms with van der Waals surface area (Å²) in [7, 11) is 1.93. The molecule has 164 valence electrons. The summed E-state index contributed by atoms with van der Waals surface area (Å²) in [6, 6.07) is -0.0203. The average Bonchev–Trinajstić information content (AvgIpc) is 2.58. The standard InChI is InChI=1S/C20H41N5O3/c1-9-12-22-17(26)14-23-18(21-10-2)25(8)13-11-16(15(3)4)24-19(27)28-20(5,6)7/h15-16H,9-14H2,1-8H3,(H,21,23)(H,22,26)(H,24,27). The van der Waals surface area contributed by atoms with Crippen molar-refractivity contribution in [3.8, 4) is 0 Å². The van der Waals surface area contributed by atoms with Gasteiger partial charge in [0.1, 0.15) is 12.1 Å². The van der Waals surface area contributed by atoms with E-state index >= 15 is 0 Å². The number of alkyl carbamates (subject to hydrolysis) is 1. The fourth-order valence-corrected chi connectivity index (χ4v) is 2.41. The second-order valence-corrected chi connectivity index (χ2v) is 8.23. The summed E-state index contributed by atoms with van der Waals surface area (Å²) in [6.07, 6.45) is 1.23. The van der Waals surface area contributed by atoms with E-state index in [0.29, 0.717) is 25.6 Å². The summed E-state index contributed by atoms with van der Waals surface area (Å²) in [5, 5.41) is 8.98. The fourth-order valence-electron chi connectivity index (χ4n) is 2.41. The number of carbonyl (C=O) groups is 2. The zero-order valence-corrected chi connectivity index (χ0v) is 19.0. The van der Waals surface area contributed by atoms with Gasteiger partial charge in [0.15, 0.2) is 5.96 Å². The summed E-state index contributed by atoms with van der Waals surface area (Å²) >= 11 is 0. The molecule has 0 aliphatic heterocycles. The van der Waals surface area contributed by atoms with Crippen LogP contribution < -0.4 is 16.0 Å². The second-order valence-electron chi connectivity index (χ2n) is 8.23. The summed E-state index contributed by atoms with van der Waals surface area (Å²) in [5.74, 6) is 0.853. The van der Waals surface area contributed by atoms with E-state index in [2.05, 4.69) is 34.8 Å². The summed E-state index contributed by atoms with van der Waals surface area (Å²) in [6.45, 7) is 15.8. The summed E-state index contributed by atoms with van der Waals surface area (Å²) in [5.41, 5.74) is -0.522. The first-order valence-corrected chi connectivity index (χ1v) is 10.3. The number of rotatable bonds is 10. The van der Waals surface area contributed by atoms with Crippen molar-refractivity contribution in [2.45, 2.75) is 73.0 Å². The number of amides is 2. The molecular weight excluding hydrogens is 358 g/mol. The Labute approximate surface area is 170 Å². The van der Waals surface area contributed by atoms with Gasteiger partial charge in [0.2, 0.25) is 5.91 Å².